The van der Waals surface area contributed by atoms with Crippen molar-refractivity contribution in [3.8, 4) is 0 Å². The topological polar surface area (TPSA) is 29.5 Å². The average molecular weight is 331 g/mol. The summed E-state index contributed by atoms with van der Waals surface area (Å²) in [5.74, 6) is 0. The van der Waals surface area contributed by atoms with Gasteiger partial charge in [-0.15, -0.1) is 0 Å². The van der Waals surface area contributed by atoms with Crippen LogP contribution in [0.25, 0.3) is 0 Å². The van der Waals surface area contributed by atoms with E-state index in [1.807, 2.05) is 30.3 Å². The zero-order valence-electron chi connectivity index (χ0n) is 14.3. The van der Waals surface area contributed by atoms with Crippen LogP contribution in [0, 0.1) is 0 Å². The van der Waals surface area contributed by atoms with Crippen molar-refractivity contribution in [3.63, 3.8) is 0 Å². The van der Waals surface area contributed by atoms with Gasteiger partial charge in [-0.25, -0.2) is 0 Å². The number of aldehydes is 1. The van der Waals surface area contributed by atoms with E-state index in [0.29, 0.717) is 13.0 Å². The number of hydrogen-bond acceptors (Lipinski definition) is 3. The summed E-state index contributed by atoms with van der Waals surface area (Å²) in [6.07, 6.45) is 1.37. The van der Waals surface area contributed by atoms with Gasteiger partial charge in [-0.2, -0.15) is 0 Å². The molecule has 0 fully saturated rings. The summed E-state index contributed by atoms with van der Waals surface area (Å²) in [6, 6.07) is 26.7. The van der Waals surface area contributed by atoms with Crippen molar-refractivity contribution in [2.24, 2.45) is 0 Å². The molecule has 0 radical (unpaired) electrons. The molecule has 0 aliphatic carbocycles. The quantitative estimate of drug-likeness (QED) is 0.568. The van der Waals surface area contributed by atoms with Crippen molar-refractivity contribution >= 4 is 23.3 Å². The molecule has 0 saturated heterocycles. The number of ether oxygens (including phenoxy) is 1. The van der Waals surface area contributed by atoms with Crippen LogP contribution in [0.2, 0.25) is 0 Å². The van der Waals surface area contributed by atoms with Crippen LogP contribution in [0.3, 0.4) is 0 Å². The van der Waals surface area contributed by atoms with Crippen LogP contribution in [0.1, 0.15) is 11.1 Å². The number of carbonyl (C=O) groups excluding carboxylic acids is 1. The highest BCUT2D eigenvalue weighted by Crippen LogP contribution is 2.34. The van der Waals surface area contributed by atoms with Gasteiger partial charge in [-0.3, -0.25) is 0 Å². The van der Waals surface area contributed by atoms with E-state index in [1.165, 1.54) is 0 Å². The zero-order valence-corrected chi connectivity index (χ0v) is 14.3. The molecule has 0 atom stereocenters. The smallest absolute Gasteiger partial charge is 0.124 e. The summed E-state index contributed by atoms with van der Waals surface area (Å²) in [5, 5.41) is 0. The fraction of sp³-hybridized carbons (Fsp3) is 0.136. The number of methoxy groups -OCH3 is 1. The van der Waals surface area contributed by atoms with Crippen molar-refractivity contribution in [1.82, 2.24) is 0 Å². The highest BCUT2D eigenvalue weighted by atomic mass is 16.5. The van der Waals surface area contributed by atoms with Crippen molar-refractivity contribution in [1.29, 1.82) is 0 Å². The highest BCUT2D eigenvalue weighted by molar-refractivity contribution is 5.76. The number of nitrogens with zero attached hydrogens (tertiary/aromatic N) is 1. The second-order valence-corrected chi connectivity index (χ2v) is 5.81. The van der Waals surface area contributed by atoms with Crippen LogP contribution in [0.15, 0.2) is 78.9 Å². The molecule has 0 amide bonds. The summed E-state index contributed by atoms with van der Waals surface area (Å²) in [5.41, 5.74) is 5.38. The third-order valence-corrected chi connectivity index (χ3v) is 4.03. The van der Waals surface area contributed by atoms with Crippen molar-refractivity contribution < 1.29 is 9.53 Å². The lowest BCUT2D eigenvalue weighted by atomic mass is 10.1. The number of rotatable bonds is 7. The monoisotopic (exact) mass is 331 g/mol. The Morgan fingerprint density at radius 1 is 0.760 bits per heavy atom. The molecule has 0 unspecified atom stereocenters. The average Bonchev–Trinajstić information content (AvgIpc) is 2.66. The lowest BCUT2D eigenvalue weighted by Gasteiger charge is -2.25. The number of benzene rings is 3. The lowest BCUT2D eigenvalue weighted by Crippen LogP contribution is -2.10. The summed E-state index contributed by atoms with van der Waals surface area (Å²) in [6.45, 7) is 0.603. The molecule has 3 aromatic rings. The highest BCUT2D eigenvalue weighted by Gasteiger charge is 2.12. The first kappa shape index (κ1) is 16.9. The molecule has 0 aromatic heterocycles. The largest absolute Gasteiger partial charge is 0.380 e. The first-order valence-corrected chi connectivity index (χ1v) is 8.27. The third-order valence-electron chi connectivity index (χ3n) is 4.03. The van der Waals surface area contributed by atoms with Gasteiger partial charge in [0.05, 0.1) is 6.61 Å². The summed E-state index contributed by atoms with van der Waals surface area (Å²) >= 11 is 0. The normalized spacial score (nSPS) is 10.4. The van der Waals surface area contributed by atoms with Crippen molar-refractivity contribution in [2.45, 2.75) is 13.0 Å². The second kappa shape index (κ2) is 8.27. The maximum Gasteiger partial charge on any atom is 0.124 e. The van der Waals surface area contributed by atoms with Crippen molar-refractivity contribution in [3.05, 3.63) is 90.0 Å². The molecule has 0 aliphatic heterocycles. The molecule has 0 heterocycles. The van der Waals surface area contributed by atoms with Gasteiger partial charge < -0.3 is 14.4 Å². The summed E-state index contributed by atoms with van der Waals surface area (Å²) in [7, 11) is 1.70. The van der Waals surface area contributed by atoms with Gasteiger partial charge in [0.25, 0.3) is 0 Å². The van der Waals surface area contributed by atoms with Crippen LogP contribution in [0.4, 0.5) is 17.1 Å². The Hall–Kier alpha value is -2.91. The number of carbonyl (C=O) groups is 1. The summed E-state index contributed by atoms with van der Waals surface area (Å²) in [4.78, 5) is 12.9. The minimum atomic E-state index is 0.442. The molecule has 3 rings (SSSR count). The molecule has 3 aromatic carbocycles. The van der Waals surface area contributed by atoms with E-state index < -0.39 is 0 Å². The van der Waals surface area contributed by atoms with Gasteiger partial charge >= 0.3 is 0 Å². The van der Waals surface area contributed by atoms with Gasteiger partial charge in [0.1, 0.15) is 6.29 Å². The van der Waals surface area contributed by atoms with Crippen molar-refractivity contribution in [2.75, 3.05) is 12.0 Å². The maximum absolute atomic E-state index is 10.7. The van der Waals surface area contributed by atoms with E-state index in [9.17, 15) is 4.79 Å². The lowest BCUT2D eigenvalue weighted by molar-refractivity contribution is -0.107. The molecule has 3 heteroatoms. The Bertz CT molecular complexity index is 796. The standard InChI is InChI=1S/C22H21NO2/c1-25-17-19-9-13-22(14-10-19)23(20-5-3-2-4-6-20)21-11-7-18(8-12-21)15-16-24/h2-14,16H,15,17H2,1H3. The van der Waals surface area contributed by atoms with Gasteiger partial charge in [0.15, 0.2) is 0 Å². The number of anilines is 3. The Morgan fingerprint density at radius 3 is 1.80 bits per heavy atom. The zero-order chi connectivity index (χ0) is 17.5. The molecule has 25 heavy (non-hydrogen) atoms. The fourth-order valence-electron chi connectivity index (χ4n) is 2.81. The maximum atomic E-state index is 10.7. The summed E-state index contributed by atoms with van der Waals surface area (Å²) < 4.78 is 5.19. The first-order chi connectivity index (χ1) is 12.3. The van der Waals surface area contributed by atoms with Crippen LogP contribution < -0.4 is 4.90 Å². The van der Waals surface area contributed by atoms with E-state index in [1.54, 1.807) is 7.11 Å². The van der Waals surface area contributed by atoms with Gasteiger partial charge in [-0.05, 0) is 47.5 Å². The van der Waals surface area contributed by atoms with E-state index in [2.05, 4.69) is 53.4 Å². The molecule has 0 bridgehead atoms. The van der Waals surface area contributed by atoms with Crippen LogP contribution in [-0.4, -0.2) is 13.4 Å². The minimum absolute atomic E-state index is 0.442. The predicted octanol–water partition coefficient (Wildman–Crippen LogP) is 5.04. The van der Waals surface area contributed by atoms with E-state index in [4.69, 9.17) is 4.74 Å². The molecule has 0 saturated carbocycles. The number of hydrogen-bond donors (Lipinski definition) is 0. The third kappa shape index (κ3) is 4.14. The molecule has 0 N–H and O–H groups in total. The Balaban J connectivity index is 1.99. The minimum Gasteiger partial charge on any atom is -0.380 e. The van der Waals surface area contributed by atoms with Gasteiger partial charge in [0, 0.05) is 30.6 Å². The predicted molar refractivity (Wildman–Crippen MR) is 102 cm³/mol. The molecule has 3 nitrogen and oxygen atoms in total. The molecular weight excluding hydrogens is 310 g/mol. The Kier molecular flexibility index (Phi) is 5.60. The van der Waals surface area contributed by atoms with E-state index in [0.717, 1.165) is 34.5 Å². The Morgan fingerprint density at radius 2 is 1.28 bits per heavy atom. The van der Waals surface area contributed by atoms with Crippen LogP contribution in [0.5, 0.6) is 0 Å². The second-order valence-electron chi connectivity index (χ2n) is 5.81. The van der Waals surface area contributed by atoms with E-state index in [-0.39, 0.29) is 0 Å². The van der Waals surface area contributed by atoms with Gasteiger partial charge in [0.2, 0.25) is 0 Å². The SMILES string of the molecule is COCc1ccc(N(c2ccccc2)c2ccc(CC=O)cc2)cc1. The Labute approximate surface area is 148 Å². The van der Waals surface area contributed by atoms with Crippen LogP contribution >= 0.6 is 0 Å². The fourth-order valence-corrected chi connectivity index (χ4v) is 2.81. The van der Waals surface area contributed by atoms with Gasteiger partial charge in [-0.1, -0.05) is 42.5 Å². The van der Waals surface area contributed by atoms with Crippen LogP contribution in [-0.2, 0) is 22.6 Å². The molecule has 0 aliphatic rings. The number of para-hydroxylation sites is 1. The molecule has 126 valence electrons. The first-order valence-electron chi connectivity index (χ1n) is 8.27. The van der Waals surface area contributed by atoms with E-state index >= 15 is 0 Å². The molecule has 0 spiro atoms. The molecular formula is C22H21NO2.